The van der Waals surface area contributed by atoms with Crippen molar-refractivity contribution in [1.29, 1.82) is 0 Å². The molecule has 0 aromatic carbocycles. The van der Waals surface area contributed by atoms with Gasteiger partial charge in [-0.15, -0.1) is 0 Å². The van der Waals surface area contributed by atoms with Crippen molar-refractivity contribution in [3.05, 3.63) is 17.8 Å². The lowest BCUT2D eigenvalue weighted by Crippen LogP contribution is -2.20. The zero-order chi connectivity index (χ0) is 14.0. The standard InChI is InChI=1S/C11H15N3O4S/c1-12-11(15)9-5-8(18-7-3-4-7)6-10(13-9)14-19(2,16)17/h5-7H,3-4H2,1-2H3,(H,12,15)(H,13,14). The zero-order valence-electron chi connectivity index (χ0n) is 10.6. The number of anilines is 1. The summed E-state index contributed by atoms with van der Waals surface area (Å²) in [6, 6.07) is 2.95. The van der Waals surface area contributed by atoms with E-state index >= 15 is 0 Å². The van der Waals surface area contributed by atoms with Crippen LogP contribution in [0.1, 0.15) is 23.3 Å². The molecule has 1 saturated carbocycles. The minimum absolute atomic E-state index is 0.0688. The van der Waals surface area contributed by atoms with E-state index in [2.05, 4.69) is 15.0 Å². The van der Waals surface area contributed by atoms with E-state index in [9.17, 15) is 13.2 Å². The smallest absolute Gasteiger partial charge is 0.269 e. The van der Waals surface area contributed by atoms with Crippen LogP contribution in [-0.4, -0.2) is 38.7 Å². The van der Waals surface area contributed by atoms with Gasteiger partial charge in [-0.05, 0) is 12.8 Å². The number of ether oxygens (including phenoxy) is 1. The van der Waals surface area contributed by atoms with Gasteiger partial charge in [-0.1, -0.05) is 0 Å². The van der Waals surface area contributed by atoms with Crippen LogP contribution in [0.5, 0.6) is 5.75 Å². The number of carbonyl (C=O) groups is 1. The highest BCUT2D eigenvalue weighted by Gasteiger charge is 2.24. The molecule has 104 valence electrons. The highest BCUT2D eigenvalue weighted by Crippen LogP contribution is 2.28. The first-order valence-corrected chi connectivity index (χ1v) is 7.65. The van der Waals surface area contributed by atoms with Gasteiger partial charge in [-0.2, -0.15) is 0 Å². The van der Waals surface area contributed by atoms with Crippen LogP contribution in [0.15, 0.2) is 12.1 Å². The molecule has 1 aliphatic rings. The lowest BCUT2D eigenvalue weighted by atomic mass is 10.3. The van der Waals surface area contributed by atoms with E-state index in [-0.39, 0.29) is 17.6 Å². The van der Waals surface area contributed by atoms with Gasteiger partial charge in [0.25, 0.3) is 5.91 Å². The molecule has 1 fully saturated rings. The average molecular weight is 285 g/mol. The molecule has 0 atom stereocenters. The summed E-state index contributed by atoms with van der Waals surface area (Å²) in [6.07, 6.45) is 3.09. The van der Waals surface area contributed by atoms with Crippen LogP contribution in [0, 0.1) is 0 Å². The second kappa shape index (κ2) is 5.04. The Morgan fingerprint density at radius 1 is 1.42 bits per heavy atom. The quantitative estimate of drug-likeness (QED) is 0.813. The number of amides is 1. The summed E-state index contributed by atoms with van der Waals surface area (Å²) >= 11 is 0. The Balaban J connectivity index is 2.32. The molecule has 2 rings (SSSR count). The molecule has 1 heterocycles. The first-order chi connectivity index (χ1) is 8.87. The molecule has 19 heavy (non-hydrogen) atoms. The molecule has 0 aliphatic heterocycles. The summed E-state index contributed by atoms with van der Waals surface area (Å²) in [5.41, 5.74) is 0.104. The van der Waals surface area contributed by atoms with Gasteiger partial charge >= 0.3 is 0 Å². The Bertz CT molecular complexity index is 596. The Kier molecular flexibility index (Phi) is 3.61. The second-order valence-corrected chi connectivity index (χ2v) is 6.09. The predicted molar refractivity (Wildman–Crippen MR) is 69.7 cm³/mol. The predicted octanol–water partition coefficient (Wildman–Crippen LogP) is 0.354. The van der Waals surface area contributed by atoms with E-state index < -0.39 is 15.9 Å². The van der Waals surface area contributed by atoms with E-state index in [0.717, 1.165) is 19.1 Å². The first-order valence-electron chi connectivity index (χ1n) is 5.76. The summed E-state index contributed by atoms with van der Waals surface area (Å²) in [7, 11) is -1.98. The van der Waals surface area contributed by atoms with Crippen LogP contribution < -0.4 is 14.8 Å². The maximum Gasteiger partial charge on any atom is 0.269 e. The van der Waals surface area contributed by atoms with Gasteiger partial charge in [0.15, 0.2) is 0 Å². The van der Waals surface area contributed by atoms with Crippen LogP contribution in [0.2, 0.25) is 0 Å². The maximum absolute atomic E-state index is 11.6. The van der Waals surface area contributed by atoms with Crippen molar-refractivity contribution < 1.29 is 17.9 Å². The number of hydrogen-bond acceptors (Lipinski definition) is 5. The third kappa shape index (κ3) is 4.09. The molecule has 0 radical (unpaired) electrons. The molecular weight excluding hydrogens is 270 g/mol. The Labute approximate surface area is 111 Å². The SMILES string of the molecule is CNC(=O)c1cc(OC2CC2)cc(NS(C)(=O)=O)n1. The molecule has 0 bridgehead atoms. The van der Waals surface area contributed by atoms with Gasteiger partial charge in [0.2, 0.25) is 10.0 Å². The lowest BCUT2D eigenvalue weighted by Gasteiger charge is -2.10. The number of rotatable bonds is 5. The maximum atomic E-state index is 11.6. The molecule has 2 N–H and O–H groups in total. The topological polar surface area (TPSA) is 97.4 Å². The molecule has 7 nitrogen and oxygen atoms in total. The Hall–Kier alpha value is -1.83. The highest BCUT2D eigenvalue weighted by atomic mass is 32.2. The van der Waals surface area contributed by atoms with Crippen LogP contribution in [-0.2, 0) is 10.0 Å². The van der Waals surface area contributed by atoms with Crippen molar-refractivity contribution in [2.75, 3.05) is 18.0 Å². The van der Waals surface area contributed by atoms with Gasteiger partial charge in [0, 0.05) is 19.2 Å². The first kappa shape index (κ1) is 13.6. The van der Waals surface area contributed by atoms with E-state index in [1.165, 1.54) is 19.2 Å². The van der Waals surface area contributed by atoms with Gasteiger partial charge in [-0.25, -0.2) is 13.4 Å². The number of sulfonamides is 1. The van der Waals surface area contributed by atoms with Gasteiger partial charge < -0.3 is 10.1 Å². The summed E-state index contributed by atoms with van der Waals surface area (Å²) in [6.45, 7) is 0. The summed E-state index contributed by atoms with van der Waals surface area (Å²) in [5.74, 6) is 0.0966. The fourth-order valence-corrected chi connectivity index (χ4v) is 1.92. The molecular formula is C11H15N3O4S. The Morgan fingerprint density at radius 2 is 2.11 bits per heavy atom. The minimum Gasteiger partial charge on any atom is -0.490 e. The van der Waals surface area contributed by atoms with Gasteiger partial charge in [0.1, 0.15) is 17.3 Å². The van der Waals surface area contributed by atoms with Crippen molar-refractivity contribution >= 4 is 21.7 Å². The third-order valence-electron chi connectivity index (χ3n) is 2.38. The normalized spacial score (nSPS) is 14.8. The van der Waals surface area contributed by atoms with Crippen molar-refractivity contribution in [2.24, 2.45) is 0 Å². The molecule has 1 aliphatic carbocycles. The van der Waals surface area contributed by atoms with E-state index in [0.29, 0.717) is 5.75 Å². The molecule has 0 spiro atoms. The van der Waals surface area contributed by atoms with Crippen molar-refractivity contribution in [1.82, 2.24) is 10.3 Å². The number of aromatic nitrogens is 1. The average Bonchev–Trinajstić information content (AvgIpc) is 3.09. The lowest BCUT2D eigenvalue weighted by molar-refractivity contribution is 0.0957. The number of nitrogens with zero attached hydrogens (tertiary/aromatic N) is 1. The van der Waals surface area contributed by atoms with E-state index in [1.807, 2.05) is 0 Å². The monoisotopic (exact) mass is 285 g/mol. The second-order valence-electron chi connectivity index (χ2n) is 4.34. The minimum atomic E-state index is -3.46. The van der Waals surface area contributed by atoms with Crippen LogP contribution in [0.25, 0.3) is 0 Å². The van der Waals surface area contributed by atoms with Gasteiger partial charge in [-0.3, -0.25) is 9.52 Å². The molecule has 1 aromatic rings. The van der Waals surface area contributed by atoms with Crippen molar-refractivity contribution in [2.45, 2.75) is 18.9 Å². The van der Waals surface area contributed by atoms with Gasteiger partial charge in [0.05, 0.1) is 12.4 Å². The molecule has 8 heteroatoms. The third-order valence-corrected chi connectivity index (χ3v) is 2.96. The van der Waals surface area contributed by atoms with Crippen LogP contribution in [0.3, 0.4) is 0 Å². The number of carbonyl (C=O) groups excluding carboxylic acids is 1. The fourth-order valence-electron chi connectivity index (χ4n) is 1.44. The number of nitrogens with one attached hydrogen (secondary N) is 2. The summed E-state index contributed by atoms with van der Waals surface area (Å²) in [5, 5.41) is 2.43. The van der Waals surface area contributed by atoms with Crippen molar-refractivity contribution in [3.63, 3.8) is 0 Å². The summed E-state index contributed by atoms with van der Waals surface area (Å²) in [4.78, 5) is 15.5. The van der Waals surface area contributed by atoms with Crippen LogP contribution in [0.4, 0.5) is 5.82 Å². The number of hydrogen-bond donors (Lipinski definition) is 2. The highest BCUT2D eigenvalue weighted by molar-refractivity contribution is 7.92. The molecule has 0 unspecified atom stereocenters. The molecule has 0 saturated heterocycles. The zero-order valence-corrected chi connectivity index (χ0v) is 11.5. The van der Waals surface area contributed by atoms with E-state index in [4.69, 9.17) is 4.74 Å². The fraction of sp³-hybridized carbons (Fsp3) is 0.455. The Morgan fingerprint density at radius 3 is 2.63 bits per heavy atom. The van der Waals surface area contributed by atoms with E-state index in [1.54, 1.807) is 0 Å². The van der Waals surface area contributed by atoms with Crippen molar-refractivity contribution in [3.8, 4) is 5.75 Å². The number of pyridine rings is 1. The molecule has 1 amide bonds. The molecule has 1 aromatic heterocycles. The summed E-state index contributed by atoms with van der Waals surface area (Å²) < 4.78 is 30.2. The van der Waals surface area contributed by atoms with Crippen LogP contribution >= 0.6 is 0 Å². The largest absolute Gasteiger partial charge is 0.490 e.